The molecule has 0 aromatic carbocycles. The Labute approximate surface area is 88.8 Å². The summed E-state index contributed by atoms with van der Waals surface area (Å²) in [5.74, 6) is -0.348. The van der Waals surface area contributed by atoms with Gasteiger partial charge in [0.05, 0.1) is 19.3 Å². The molecular weight excluding hydrogens is 200 g/mol. The number of carbonyl (C=O) groups is 1. The monoisotopic (exact) mass is 216 g/mol. The third-order valence-corrected chi connectivity index (χ3v) is 2.00. The van der Waals surface area contributed by atoms with E-state index in [-0.39, 0.29) is 12.1 Å². The first-order valence-electron chi connectivity index (χ1n) is 4.97. The highest BCUT2D eigenvalue weighted by Crippen LogP contribution is 2.12. The van der Waals surface area contributed by atoms with Gasteiger partial charge < -0.3 is 4.74 Å². The lowest BCUT2D eigenvalue weighted by Gasteiger charge is -2.19. The van der Waals surface area contributed by atoms with Crippen molar-refractivity contribution in [3.63, 3.8) is 0 Å². The van der Waals surface area contributed by atoms with Crippen LogP contribution in [0.3, 0.4) is 0 Å². The van der Waals surface area contributed by atoms with E-state index in [1.165, 1.54) is 0 Å². The number of carbonyl (C=O) groups excluding carboxylic acids is 1. The van der Waals surface area contributed by atoms with Crippen molar-refractivity contribution in [2.24, 2.45) is 0 Å². The van der Waals surface area contributed by atoms with Gasteiger partial charge >= 0.3 is 5.97 Å². The molecule has 0 aromatic heterocycles. The summed E-state index contributed by atoms with van der Waals surface area (Å²) >= 11 is 0. The largest absolute Gasteiger partial charge is 0.462 e. The number of esters is 1. The minimum absolute atomic E-state index is 0.0299. The topological polar surface area (TPSA) is 54.0 Å². The first kappa shape index (κ1) is 12.2. The molecule has 0 amide bonds. The van der Waals surface area contributed by atoms with Crippen molar-refractivity contribution < 1.29 is 24.3 Å². The Morgan fingerprint density at radius 2 is 2.40 bits per heavy atom. The fourth-order valence-corrected chi connectivity index (χ4v) is 1.14. The first-order valence-corrected chi connectivity index (χ1v) is 4.97. The molecule has 15 heavy (non-hydrogen) atoms. The van der Waals surface area contributed by atoms with Gasteiger partial charge in [0.1, 0.15) is 0 Å². The molecule has 1 aliphatic heterocycles. The van der Waals surface area contributed by atoms with E-state index < -0.39 is 0 Å². The molecule has 1 fully saturated rings. The molecular formula is C10H16O5. The average Bonchev–Trinajstić information content (AvgIpc) is 2.25. The summed E-state index contributed by atoms with van der Waals surface area (Å²) in [4.78, 5) is 20.4. The SMILES string of the molecule is C=C(C)C(=O)OCCC[C@@H]1CCOOO1. The number of hydrogen-bond acceptors (Lipinski definition) is 5. The van der Waals surface area contributed by atoms with Crippen LogP contribution in [-0.2, 0) is 24.3 Å². The van der Waals surface area contributed by atoms with E-state index in [0.29, 0.717) is 18.8 Å². The molecule has 1 rings (SSSR count). The molecule has 1 aliphatic rings. The van der Waals surface area contributed by atoms with E-state index in [0.717, 1.165) is 19.3 Å². The Morgan fingerprint density at radius 1 is 1.60 bits per heavy atom. The predicted molar refractivity (Wildman–Crippen MR) is 51.5 cm³/mol. The zero-order valence-electron chi connectivity index (χ0n) is 8.86. The molecule has 86 valence electrons. The second kappa shape index (κ2) is 6.55. The van der Waals surface area contributed by atoms with Gasteiger partial charge in [-0.15, -0.1) is 0 Å². The lowest BCUT2D eigenvalue weighted by molar-refractivity contribution is -0.549. The van der Waals surface area contributed by atoms with Crippen molar-refractivity contribution in [2.75, 3.05) is 13.2 Å². The number of hydrogen-bond donors (Lipinski definition) is 0. The van der Waals surface area contributed by atoms with Crippen LogP contribution in [0.5, 0.6) is 0 Å². The Kier molecular flexibility index (Phi) is 5.31. The van der Waals surface area contributed by atoms with Crippen LogP contribution < -0.4 is 0 Å². The van der Waals surface area contributed by atoms with Crippen molar-refractivity contribution in [1.29, 1.82) is 0 Å². The molecule has 0 radical (unpaired) electrons. The average molecular weight is 216 g/mol. The second-order valence-corrected chi connectivity index (χ2v) is 3.46. The maximum Gasteiger partial charge on any atom is 0.333 e. The van der Waals surface area contributed by atoms with E-state index in [2.05, 4.69) is 16.5 Å². The van der Waals surface area contributed by atoms with Crippen LogP contribution in [0, 0.1) is 0 Å². The van der Waals surface area contributed by atoms with Gasteiger partial charge in [-0.05, 0) is 19.8 Å². The molecule has 0 unspecified atom stereocenters. The van der Waals surface area contributed by atoms with E-state index >= 15 is 0 Å². The maximum absolute atomic E-state index is 11.0. The third-order valence-electron chi connectivity index (χ3n) is 2.00. The highest BCUT2D eigenvalue weighted by molar-refractivity contribution is 5.86. The smallest absolute Gasteiger partial charge is 0.333 e. The van der Waals surface area contributed by atoms with Crippen molar-refractivity contribution in [3.05, 3.63) is 12.2 Å². The van der Waals surface area contributed by atoms with Gasteiger partial charge in [-0.2, -0.15) is 0 Å². The second-order valence-electron chi connectivity index (χ2n) is 3.46. The van der Waals surface area contributed by atoms with E-state index in [1.54, 1.807) is 6.92 Å². The fourth-order valence-electron chi connectivity index (χ4n) is 1.14. The summed E-state index contributed by atoms with van der Waals surface area (Å²) in [5.41, 5.74) is 0.417. The Bertz CT molecular complexity index is 220. The minimum Gasteiger partial charge on any atom is -0.462 e. The molecule has 5 heteroatoms. The van der Waals surface area contributed by atoms with Crippen LogP contribution in [0.1, 0.15) is 26.2 Å². The van der Waals surface area contributed by atoms with Crippen LogP contribution in [-0.4, -0.2) is 25.3 Å². The Hall–Kier alpha value is -0.910. The van der Waals surface area contributed by atoms with Crippen molar-refractivity contribution >= 4 is 5.97 Å². The van der Waals surface area contributed by atoms with Gasteiger partial charge in [0.25, 0.3) is 0 Å². The van der Waals surface area contributed by atoms with Gasteiger partial charge in [0.2, 0.25) is 0 Å². The molecule has 0 spiro atoms. The van der Waals surface area contributed by atoms with Crippen LogP contribution >= 0.6 is 0 Å². The number of rotatable bonds is 5. The predicted octanol–water partition coefficient (Wildman–Crippen LogP) is 1.54. The number of ether oxygens (including phenoxy) is 1. The molecule has 0 N–H and O–H groups in total. The summed E-state index contributed by atoms with van der Waals surface area (Å²) < 4.78 is 4.93. The van der Waals surface area contributed by atoms with Crippen molar-refractivity contribution in [3.8, 4) is 0 Å². The van der Waals surface area contributed by atoms with Gasteiger partial charge in [-0.25, -0.2) is 14.6 Å². The fraction of sp³-hybridized carbons (Fsp3) is 0.700. The summed E-state index contributed by atoms with van der Waals surface area (Å²) in [6.07, 6.45) is 2.36. The van der Waals surface area contributed by atoms with Crippen LogP contribution in [0.2, 0.25) is 0 Å². The summed E-state index contributed by atoms with van der Waals surface area (Å²) in [6.45, 7) is 6.03. The Balaban J connectivity index is 2.01. The van der Waals surface area contributed by atoms with Gasteiger partial charge in [-0.3, -0.25) is 0 Å². The van der Waals surface area contributed by atoms with E-state index in [9.17, 15) is 4.79 Å². The normalized spacial score (nSPS) is 21.0. The quantitative estimate of drug-likeness (QED) is 0.302. The first-order chi connectivity index (χ1) is 7.20. The molecule has 1 atom stereocenters. The van der Waals surface area contributed by atoms with Gasteiger partial charge in [0, 0.05) is 12.0 Å². The third kappa shape index (κ3) is 4.92. The molecule has 0 aliphatic carbocycles. The van der Waals surface area contributed by atoms with Crippen molar-refractivity contribution in [1.82, 2.24) is 0 Å². The van der Waals surface area contributed by atoms with Crippen LogP contribution in [0.25, 0.3) is 0 Å². The standard InChI is InChI=1S/C10H16O5/c1-8(2)10(11)12-6-3-4-9-5-7-13-15-14-9/h9H,1,3-7H2,2H3/t9-/m1/s1. The van der Waals surface area contributed by atoms with Crippen LogP contribution in [0.15, 0.2) is 12.2 Å². The summed E-state index contributed by atoms with van der Waals surface area (Å²) in [5, 5.41) is 4.38. The summed E-state index contributed by atoms with van der Waals surface area (Å²) in [7, 11) is 0. The van der Waals surface area contributed by atoms with Gasteiger partial charge in [0.15, 0.2) is 0 Å². The highest BCUT2D eigenvalue weighted by atomic mass is 17.5. The zero-order valence-corrected chi connectivity index (χ0v) is 8.86. The zero-order chi connectivity index (χ0) is 11.1. The van der Waals surface area contributed by atoms with E-state index in [1.807, 2.05) is 0 Å². The lowest BCUT2D eigenvalue weighted by atomic mass is 10.1. The molecule has 0 aromatic rings. The minimum atomic E-state index is -0.348. The highest BCUT2D eigenvalue weighted by Gasteiger charge is 2.15. The van der Waals surface area contributed by atoms with Crippen LogP contribution in [0.4, 0.5) is 0 Å². The lowest BCUT2D eigenvalue weighted by Crippen LogP contribution is -2.22. The molecule has 0 saturated carbocycles. The molecule has 5 nitrogen and oxygen atoms in total. The molecule has 1 saturated heterocycles. The maximum atomic E-state index is 11.0. The summed E-state index contributed by atoms with van der Waals surface area (Å²) in [6, 6.07) is 0. The van der Waals surface area contributed by atoms with E-state index in [4.69, 9.17) is 9.62 Å². The van der Waals surface area contributed by atoms with Gasteiger partial charge in [-0.1, -0.05) is 11.6 Å². The molecule has 0 bridgehead atoms. The van der Waals surface area contributed by atoms with Crippen molar-refractivity contribution in [2.45, 2.75) is 32.3 Å². The Morgan fingerprint density at radius 3 is 3.00 bits per heavy atom. The molecule has 1 heterocycles.